The molecule has 1 unspecified atom stereocenters. The maximum Gasteiger partial charge on any atom is 0.334 e. The largest absolute Gasteiger partial charge is 0.493 e. The number of anilines is 1. The predicted molar refractivity (Wildman–Crippen MR) is 75.8 cm³/mol. The van der Waals surface area contributed by atoms with Crippen LogP contribution in [0.3, 0.4) is 0 Å². The Hall–Kier alpha value is -2.35. The molecule has 0 bridgehead atoms. The van der Waals surface area contributed by atoms with Crippen molar-refractivity contribution in [2.45, 2.75) is 19.4 Å². The Labute approximate surface area is 121 Å². The molecule has 1 atom stereocenters. The van der Waals surface area contributed by atoms with Crippen molar-refractivity contribution in [3.8, 4) is 5.75 Å². The summed E-state index contributed by atoms with van der Waals surface area (Å²) in [5, 5.41) is 22.6. The van der Waals surface area contributed by atoms with Crippen LogP contribution in [0.15, 0.2) is 18.2 Å². The van der Waals surface area contributed by atoms with Gasteiger partial charge in [0.1, 0.15) is 5.75 Å². The first-order valence-corrected chi connectivity index (χ1v) is 6.39. The summed E-state index contributed by atoms with van der Waals surface area (Å²) >= 11 is 0. The van der Waals surface area contributed by atoms with Gasteiger partial charge in [0.05, 0.1) is 24.1 Å². The lowest BCUT2D eigenvalue weighted by Crippen LogP contribution is -2.30. The molecule has 2 N–H and O–H groups in total. The molecule has 21 heavy (non-hydrogen) atoms. The molecule has 8 nitrogen and oxygen atoms in total. The molecule has 0 aliphatic heterocycles. The molecule has 0 fully saturated rings. The molecule has 0 saturated heterocycles. The highest BCUT2D eigenvalue weighted by Gasteiger charge is 2.17. The van der Waals surface area contributed by atoms with E-state index in [4.69, 9.17) is 14.6 Å². The number of aliphatic carboxylic acids is 1. The van der Waals surface area contributed by atoms with Crippen LogP contribution in [0.4, 0.5) is 11.4 Å². The number of hydrogen-bond donors (Lipinski definition) is 2. The number of rotatable bonds is 9. The number of hydrogen-bond acceptors (Lipinski definition) is 6. The number of carbonyl (C=O) groups is 1. The second-order valence-corrected chi connectivity index (χ2v) is 4.26. The summed E-state index contributed by atoms with van der Waals surface area (Å²) in [6.45, 7) is 2.35. The average Bonchev–Trinajstić information content (AvgIpc) is 2.45. The molecule has 0 amide bonds. The van der Waals surface area contributed by atoms with Gasteiger partial charge in [0.15, 0.2) is 6.10 Å². The van der Waals surface area contributed by atoms with E-state index in [0.717, 1.165) is 6.42 Å². The van der Waals surface area contributed by atoms with Crippen molar-refractivity contribution in [1.29, 1.82) is 0 Å². The molecule has 0 heterocycles. The van der Waals surface area contributed by atoms with Crippen molar-refractivity contribution in [3.63, 3.8) is 0 Å². The molecule has 1 aromatic rings. The Morgan fingerprint density at radius 3 is 2.71 bits per heavy atom. The maximum atomic E-state index is 10.9. The third-order valence-electron chi connectivity index (χ3n) is 2.63. The van der Waals surface area contributed by atoms with Crippen molar-refractivity contribution in [3.05, 3.63) is 28.3 Å². The van der Waals surface area contributed by atoms with E-state index in [-0.39, 0.29) is 12.2 Å². The lowest BCUT2D eigenvalue weighted by atomic mass is 10.2. The van der Waals surface area contributed by atoms with Crippen LogP contribution in [0.2, 0.25) is 0 Å². The van der Waals surface area contributed by atoms with Crippen LogP contribution in [-0.2, 0) is 9.53 Å². The Morgan fingerprint density at radius 1 is 1.48 bits per heavy atom. The van der Waals surface area contributed by atoms with E-state index in [9.17, 15) is 14.9 Å². The fourth-order valence-electron chi connectivity index (χ4n) is 1.58. The maximum absolute atomic E-state index is 10.9. The molecule has 0 radical (unpaired) electrons. The van der Waals surface area contributed by atoms with Crippen LogP contribution in [0, 0.1) is 10.1 Å². The second kappa shape index (κ2) is 8.05. The third kappa shape index (κ3) is 5.27. The van der Waals surface area contributed by atoms with E-state index in [1.165, 1.54) is 19.2 Å². The number of nitro benzene ring substituents is 1. The molecule has 0 spiro atoms. The van der Waals surface area contributed by atoms with E-state index in [0.29, 0.717) is 18.0 Å². The topological polar surface area (TPSA) is 111 Å². The van der Waals surface area contributed by atoms with E-state index >= 15 is 0 Å². The van der Waals surface area contributed by atoms with E-state index in [1.54, 1.807) is 6.07 Å². The molecular weight excluding hydrogens is 280 g/mol. The van der Waals surface area contributed by atoms with Gasteiger partial charge in [-0.3, -0.25) is 10.1 Å². The molecule has 0 aliphatic carbocycles. The van der Waals surface area contributed by atoms with Crippen molar-refractivity contribution < 1.29 is 24.3 Å². The number of non-ortho nitro benzene ring substituents is 1. The molecule has 0 aliphatic rings. The van der Waals surface area contributed by atoms with Gasteiger partial charge in [0, 0.05) is 24.9 Å². The van der Waals surface area contributed by atoms with Gasteiger partial charge in [0.25, 0.3) is 5.69 Å². The van der Waals surface area contributed by atoms with Crippen LogP contribution in [-0.4, -0.2) is 42.4 Å². The summed E-state index contributed by atoms with van der Waals surface area (Å²) in [5.74, 6) is -0.754. The summed E-state index contributed by atoms with van der Waals surface area (Å²) in [7, 11) is 1.28. The van der Waals surface area contributed by atoms with Crippen molar-refractivity contribution in [2.24, 2.45) is 0 Å². The van der Waals surface area contributed by atoms with Gasteiger partial charge in [-0.25, -0.2) is 4.79 Å². The molecule has 0 saturated carbocycles. The van der Waals surface area contributed by atoms with E-state index in [2.05, 4.69) is 5.32 Å². The Kier molecular flexibility index (Phi) is 6.41. The molecule has 1 aromatic carbocycles. The van der Waals surface area contributed by atoms with Gasteiger partial charge in [-0.15, -0.1) is 0 Å². The summed E-state index contributed by atoms with van der Waals surface area (Å²) in [5.41, 5.74) is 0.272. The minimum atomic E-state index is -1.11. The Bertz CT molecular complexity index is 505. The quantitative estimate of drug-likeness (QED) is 0.529. The number of carboxylic acids is 1. The van der Waals surface area contributed by atoms with Crippen LogP contribution < -0.4 is 10.1 Å². The first-order valence-electron chi connectivity index (χ1n) is 6.39. The minimum Gasteiger partial charge on any atom is -0.493 e. The molecule has 8 heteroatoms. The summed E-state index contributed by atoms with van der Waals surface area (Å²) in [4.78, 5) is 21.2. The first kappa shape index (κ1) is 16.7. The van der Waals surface area contributed by atoms with Gasteiger partial charge in [-0.1, -0.05) is 6.92 Å². The molecule has 116 valence electrons. The molecule has 1 rings (SSSR count). The molecule has 0 aromatic heterocycles. The van der Waals surface area contributed by atoms with Gasteiger partial charge in [-0.05, 0) is 6.42 Å². The number of methoxy groups -OCH3 is 1. The van der Waals surface area contributed by atoms with Crippen LogP contribution in [0.25, 0.3) is 0 Å². The standard InChI is InChI=1S/C13H18N2O6/c1-3-4-21-11-6-9(5-10(7-11)15(18)19)14-8-12(20-2)13(16)17/h5-7,12,14H,3-4,8H2,1-2H3,(H,16,17). The smallest absolute Gasteiger partial charge is 0.334 e. The normalized spacial score (nSPS) is 11.7. The zero-order chi connectivity index (χ0) is 15.8. The van der Waals surface area contributed by atoms with Crippen molar-refractivity contribution in [2.75, 3.05) is 25.6 Å². The Morgan fingerprint density at radius 2 is 2.19 bits per heavy atom. The van der Waals surface area contributed by atoms with Gasteiger partial charge < -0.3 is 19.9 Å². The highest BCUT2D eigenvalue weighted by Crippen LogP contribution is 2.26. The van der Waals surface area contributed by atoms with Crippen LogP contribution in [0.1, 0.15) is 13.3 Å². The number of nitrogens with zero attached hydrogens (tertiary/aromatic N) is 1. The highest BCUT2D eigenvalue weighted by molar-refractivity contribution is 5.73. The summed E-state index contributed by atoms with van der Waals surface area (Å²) in [6.07, 6.45) is -0.264. The minimum absolute atomic E-state index is 0.0137. The third-order valence-corrected chi connectivity index (χ3v) is 2.63. The fraction of sp³-hybridized carbons (Fsp3) is 0.462. The monoisotopic (exact) mass is 298 g/mol. The second-order valence-electron chi connectivity index (χ2n) is 4.26. The zero-order valence-electron chi connectivity index (χ0n) is 11.9. The lowest BCUT2D eigenvalue weighted by Gasteiger charge is -2.13. The van der Waals surface area contributed by atoms with Gasteiger partial charge in [0.2, 0.25) is 0 Å². The van der Waals surface area contributed by atoms with Gasteiger partial charge in [-0.2, -0.15) is 0 Å². The summed E-state index contributed by atoms with van der Waals surface area (Å²) in [6, 6.07) is 4.22. The van der Waals surface area contributed by atoms with Crippen LogP contribution >= 0.6 is 0 Å². The number of nitrogens with one attached hydrogen (secondary N) is 1. The predicted octanol–water partition coefficient (Wildman–Crippen LogP) is 1.90. The first-order chi connectivity index (χ1) is 9.97. The van der Waals surface area contributed by atoms with Crippen LogP contribution in [0.5, 0.6) is 5.75 Å². The van der Waals surface area contributed by atoms with Crippen molar-refractivity contribution >= 4 is 17.3 Å². The fourth-order valence-corrected chi connectivity index (χ4v) is 1.58. The highest BCUT2D eigenvalue weighted by atomic mass is 16.6. The lowest BCUT2D eigenvalue weighted by molar-refractivity contribution is -0.384. The number of carboxylic acid groups (broad SMARTS) is 1. The number of nitro groups is 1. The van der Waals surface area contributed by atoms with Crippen molar-refractivity contribution in [1.82, 2.24) is 0 Å². The Balaban J connectivity index is 2.86. The van der Waals surface area contributed by atoms with Gasteiger partial charge >= 0.3 is 5.97 Å². The average molecular weight is 298 g/mol. The van der Waals surface area contributed by atoms with E-state index < -0.39 is 17.0 Å². The summed E-state index contributed by atoms with van der Waals surface area (Å²) < 4.78 is 10.2. The van der Waals surface area contributed by atoms with E-state index in [1.807, 2.05) is 6.92 Å². The zero-order valence-corrected chi connectivity index (χ0v) is 11.9. The molecular formula is C13H18N2O6. The number of ether oxygens (including phenoxy) is 2. The number of benzene rings is 1. The SMILES string of the molecule is CCCOc1cc(NCC(OC)C(=O)O)cc([N+](=O)[O-])c1.